The van der Waals surface area contributed by atoms with Gasteiger partial charge in [-0.25, -0.2) is 0 Å². The van der Waals surface area contributed by atoms with Crippen LogP contribution in [0.3, 0.4) is 0 Å². The maximum absolute atomic E-state index is 9.78. The van der Waals surface area contributed by atoms with Gasteiger partial charge in [-0.2, -0.15) is 0 Å². The number of nitrogens with one attached hydrogen (secondary N) is 2. The third kappa shape index (κ3) is 4.92. The van der Waals surface area contributed by atoms with Crippen molar-refractivity contribution >= 4 is 11.4 Å². The van der Waals surface area contributed by atoms with Crippen LogP contribution < -0.4 is 10.6 Å². The lowest BCUT2D eigenvalue weighted by Gasteiger charge is -2.20. The first kappa shape index (κ1) is 15.5. The third-order valence-electron chi connectivity index (χ3n) is 2.32. The summed E-state index contributed by atoms with van der Waals surface area (Å²) in [6, 6.07) is 4.74. The van der Waals surface area contributed by atoms with E-state index in [1.165, 1.54) is 20.3 Å². The third-order valence-corrected chi connectivity index (χ3v) is 2.32. The predicted molar refractivity (Wildman–Crippen MR) is 71.1 cm³/mol. The fraction of sp³-hybridized carbons (Fsp3) is 0.500. The van der Waals surface area contributed by atoms with Gasteiger partial charge in [0.05, 0.1) is 18.9 Å². The summed E-state index contributed by atoms with van der Waals surface area (Å²) in [5, 5.41) is 34.5. The zero-order chi connectivity index (χ0) is 14.3. The van der Waals surface area contributed by atoms with Crippen LogP contribution in [0.25, 0.3) is 0 Å². The Morgan fingerprint density at radius 3 is 2.21 bits per heavy atom. The highest BCUT2D eigenvalue weighted by Crippen LogP contribution is 2.32. The fourth-order valence-electron chi connectivity index (χ4n) is 1.56. The Hall–Kier alpha value is -1.54. The summed E-state index contributed by atoms with van der Waals surface area (Å²) < 4.78 is 9.59. The number of benzene rings is 1. The number of ether oxygens (including phenoxy) is 2. The molecular weight excluding hydrogens is 252 g/mol. The molecule has 0 aliphatic heterocycles. The molecule has 0 aromatic heterocycles. The van der Waals surface area contributed by atoms with Crippen molar-refractivity contribution in [1.29, 1.82) is 0 Å². The Bertz CT molecular complexity index is 388. The first-order chi connectivity index (χ1) is 9.08. The molecule has 0 aliphatic rings. The number of aliphatic hydroxyl groups is 2. The smallest absolute Gasteiger partial charge is 0.148 e. The molecule has 7 heteroatoms. The van der Waals surface area contributed by atoms with E-state index < -0.39 is 12.5 Å². The number of phenols is 1. The fourth-order valence-corrected chi connectivity index (χ4v) is 1.56. The molecule has 0 bridgehead atoms. The van der Waals surface area contributed by atoms with Crippen molar-refractivity contribution in [2.24, 2.45) is 0 Å². The highest BCUT2D eigenvalue weighted by molar-refractivity contribution is 5.75. The predicted octanol–water partition coefficient (Wildman–Crippen LogP) is 0.146. The lowest BCUT2D eigenvalue weighted by Crippen LogP contribution is -2.27. The maximum Gasteiger partial charge on any atom is 0.148 e. The highest BCUT2D eigenvalue weighted by Gasteiger charge is 2.13. The molecule has 0 saturated heterocycles. The van der Waals surface area contributed by atoms with E-state index in [-0.39, 0.29) is 24.7 Å². The number of phenolic OH excluding ortho intramolecular Hbond substituents is 1. The largest absolute Gasteiger partial charge is 0.506 e. The molecule has 108 valence electrons. The minimum absolute atomic E-state index is 0.0511. The van der Waals surface area contributed by atoms with Crippen molar-refractivity contribution in [1.82, 2.24) is 0 Å². The monoisotopic (exact) mass is 272 g/mol. The van der Waals surface area contributed by atoms with Crippen molar-refractivity contribution < 1.29 is 24.8 Å². The van der Waals surface area contributed by atoms with Gasteiger partial charge in [0.2, 0.25) is 0 Å². The van der Waals surface area contributed by atoms with E-state index in [2.05, 4.69) is 10.6 Å². The van der Waals surface area contributed by atoms with Crippen LogP contribution in [0.5, 0.6) is 5.75 Å². The molecule has 1 aromatic rings. The lowest BCUT2D eigenvalue weighted by atomic mass is 10.2. The number of rotatable bonds is 8. The normalized spacial score (nSPS) is 13.9. The van der Waals surface area contributed by atoms with Gasteiger partial charge in [0.1, 0.15) is 23.9 Å². The molecule has 0 spiro atoms. The van der Waals surface area contributed by atoms with Gasteiger partial charge in [0.15, 0.2) is 0 Å². The van der Waals surface area contributed by atoms with Crippen molar-refractivity contribution in [2.45, 2.75) is 12.5 Å². The minimum atomic E-state index is -0.974. The maximum atomic E-state index is 9.78. The van der Waals surface area contributed by atoms with Gasteiger partial charge in [-0.05, 0) is 12.1 Å². The number of para-hydroxylation sites is 1. The molecular formula is C12H20N2O5. The summed E-state index contributed by atoms with van der Waals surface area (Å²) in [4.78, 5) is 0. The van der Waals surface area contributed by atoms with Crippen molar-refractivity contribution in [3.05, 3.63) is 18.2 Å². The molecule has 1 aromatic carbocycles. The zero-order valence-electron chi connectivity index (χ0n) is 11.0. The second-order valence-electron chi connectivity index (χ2n) is 3.93. The van der Waals surface area contributed by atoms with E-state index in [9.17, 15) is 15.3 Å². The first-order valence-corrected chi connectivity index (χ1v) is 5.77. The average molecular weight is 272 g/mol. The van der Waals surface area contributed by atoms with E-state index in [0.29, 0.717) is 5.69 Å². The summed E-state index contributed by atoms with van der Waals surface area (Å²) in [6.07, 6.45) is -1.90. The number of hydrogen-bond acceptors (Lipinski definition) is 7. The summed E-state index contributed by atoms with van der Waals surface area (Å²) in [5.41, 5.74) is 0.724. The molecule has 0 heterocycles. The van der Waals surface area contributed by atoms with Gasteiger partial charge in [-0.15, -0.1) is 0 Å². The van der Waals surface area contributed by atoms with Crippen molar-refractivity contribution in [2.75, 3.05) is 38.1 Å². The van der Waals surface area contributed by atoms with Gasteiger partial charge in [-0.1, -0.05) is 6.07 Å². The summed E-state index contributed by atoms with van der Waals surface area (Å²) in [5.74, 6) is -0.0511. The average Bonchev–Trinajstić information content (AvgIpc) is 2.34. The van der Waals surface area contributed by atoms with Crippen LogP contribution in [-0.2, 0) is 9.47 Å². The van der Waals surface area contributed by atoms with E-state index in [1.54, 1.807) is 12.1 Å². The van der Waals surface area contributed by atoms with E-state index >= 15 is 0 Å². The first-order valence-electron chi connectivity index (χ1n) is 5.77. The number of anilines is 2. The number of aromatic hydroxyl groups is 1. The van der Waals surface area contributed by atoms with Crippen LogP contribution in [0.4, 0.5) is 11.4 Å². The molecule has 0 aliphatic carbocycles. The van der Waals surface area contributed by atoms with Crippen LogP contribution in [0.1, 0.15) is 0 Å². The topological polar surface area (TPSA) is 103 Å². The molecule has 1 rings (SSSR count). The second kappa shape index (κ2) is 7.80. The molecule has 2 atom stereocenters. The van der Waals surface area contributed by atoms with Gasteiger partial charge < -0.3 is 35.4 Å². The van der Waals surface area contributed by atoms with Gasteiger partial charge in [0.25, 0.3) is 0 Å². The van der Waals surface area contributed by atoms with Gasteiger partial charge in [0, 0.05) is 14.2 Å². The molecule has 2 unspecified atom stereocenters. The number of aliphatic hydroxyl groups excluding tert-OH is 2. The van der Waals surface area contributed by atoms with E-state index in [1.807, 2.05) is 0 Å². The molecule has 0 radical (unpaired) electrons. The van der Waals surface area contributed by atoms with Gasteiger partial charge >= 0.3 is 0 Å². The standard InChI is InChI=1S/C12H20N2O5/c1-18-6-10(16)13-8-4-3-5-9(15)12(8)14-11(17)7-19-2/h3-5,10-11,13-17H,6-7H2,1-2H3. The Balaban J connectivity index is 2.82. The zero-order valence-corrected chi connectivity index (χ0v) is 11.0. The summed E-state index contributed by atoms with van der Waals surface area (Å²) >= 11 is 0. The minimum Gasteiger partial charge on any atom is -0.506 e. The molecule has 0 amide bonds. The lowest BCUT2D eigenvalue weighted by molar-refractivity contribution is 0.0804. The quantitative estimate of drug-likeness (QED) is 0.339. The number of methoxy groups -OCH3 is 2. The van der Waals surface area contributed by atoms with E-state index in [0.717, 1.165) is 0 Å². The molecule has 0 fully saturated rings. The Morgan fingerprint density at radius 2 is 1.63 bits per heavy atom. The Labute approximate surface area is 111 Å². The van der Waals surface area contributed by atoms with Crippen LogP contribution >= 0.6 is 0 Å². The van der Waals surface area contributed by atoms with Crippen molar-refractivity contribution in [3.8, 4) is 5.75 Å². The van der Waals surface area contributed by atoms with Crippen LogP contribution in [-0.4, -0.2) is 55.2 Å². The highest BCUT2D eigenvalue weighted by atomic mass is 16.5. The Morgan fingerprint density at radius 1 is 1.05 bits per heavy atom. The van der Waals surface area contributed by atoms with Crippen molar-refractivity contribution in [3.63, 3.8) is 0 Å². The van der Waals surface area contributed by atoms with Crippen LogP contribution in [0.15, 0.2) is 18.2 Å². The second-order valence-corrected chi connectivity index (χ2v) is 3.93. The number of hydrogen-bond donors (Lipinski definition) is 5. The van der Waals surface area contributed by atoms with Crippen LogP contribution in [0.2, 0.25) is 0 Å². The SMILES string of the molecule is COCC(O)Nc1cccc(O)c1NC(O)COC. The molecule has 5 N–H and O–H groups in total. The molecule has 0 saturated carbocycles. The summed E-state index contributed by atoms with van der Waals surface area (Å²) in [6.45, 7) is 0.157. The summed E-state index contributed by atoms with van der Waals surface area (Å²) in [7, 11) is 2.92. The molecule has 7 nitrogen and oxygen atoms in total. The molecule has 19 heavy (non-hydrogen) atoms. The van der Waals surface area contributed by atoms with E-state index in [4.69, 9.17) is 9.47 Å². The van der Waals surface area contributed by atoms with Gasteiger partial charge in [-0.3, -0.25) is 0 Å². The van der Waals surface area contributed by atoms with Crippen LogP contribution in [0, 0.1) is 0 Å². The Kier molecular flexibility index (Phi) is 6.37.